The third-order valence-corrected chi connectivity index (χ3v) is 2.55. The Balaban J connectivity index is 1.93. The third-order valence-electron chi connectivity index (χ3n) is 2.55. The predicted molar refractivity (Wildman–Crippen MR) is 63.2 cm³/mol. The molecule has 0 amide bonds. The molecular formula is C14H18O. The molecule has 2 atom stereocenters. The van der Waals surface area contributed by atoms with Crippen molar-refractivity contribution in [1.82, 2.24) is 0 Å². The molecule has 15 heavy (non-hydrogen) atoms. The molecule has 1 nitrogen and oxygen atoms in total. The Morgan fingerprint density at radius 3 is 2.87 bits per heavy atom. The summed E-state index contributed by atoms with van der Waals surface area (Å²) >= 11 is 0. The fourth-order valence-corrected chi connectivity index (χ4v) is 1.63. The van der Waals surface area contributed by atoms with E-state index in [1.165, 1.54) is 25.7 Å². The molecule has 1 fully saturated rings. The van der Waals surface area contributed by atoms with Gasteiger partial charge >= 0.3 is 0 Å². The maximum atomic E-state index is 5.48. The first-order valence-corrected chi connectivity index (χ1v) is 5.58. The van der Waals surface area contributed by atoms with E-state index in [4.69, 9.17) is 11.2 Å². The van der Waals surface area contributed by atoms with E-state index in [-0.39, 0.29) is 0 Å². The van der Waals surface area contributed by atoms with E-state index in [9.17, 15) is 0 Å². The average molecular weight is 202 g/mol. The summed E-state index contributed by atoms with van der Waals surface area (Å²) in [4.78, 5) is 0. The summed E-state index contributed by atoms with van der Waals surface area (Å²) in [6.07, 6.45) is 14.7. The molecule has 1 rings (SSSR count). The van der Waals surface area contributed by atoms with Crippen molar-refractivity contribution in [1.29, 1.82) is 0 Å². The zero-order valence-corrected chi connectivity index (χ0v) is 9.17. The summed E-state index contributed by atoms with van der Waals surface area (Å²) in [6, 6.07) is 0. The molecule has 1 aliphatic heterocycles. The van der Waals surface area contributed by atoms with Gasteiger partial charge in [0.1, 0.15) is 0 Å². The van der Waals surface area contributed by atoms with E-state index in [0.29, 0.717) is 12.2 Å². The predicted octanol–water partition coefficient (Wildman–Crippen LogP) is 2.92. The summed E-state index contributed by atoms with van der Waals surface area (Å²) in [5, 5.41) is 0. The second-order valence-electron chi connectivity index (χ2n) is 3.79. The zero-order valence-electron chi connectivity index (χ0n) is 9.17. The highest BCUT2D eigenvalue weighted by molar-refractivity contribution is 5.22. The Hall–Kier alpha value is -1.18. The van der Waals surface area contributed by atoms with Gasteiger partial charge in [0.15, 0.2) is 0 Å². The number of epoxide rings is 1. The normalized spacial score (nSPS) is 22.3. The molecule has 0 aromatic carbocycles. The van der Waals surface area contributed by atoms with E-state index in [0.717, 1.165) is 12.8 Å². The second-order valence-corrected chi connectivity index (χ2v) is 3.79. The fourth-order valence-electron chi connectivity index (χ4n) is 1.63. The Kier molecular flexibility index (Phi) is 5.67. The largest absolute Gasteiger partial charge is 0.369 e. The number of hydrogen-bond acceptors (Lipinski definition) is 1. The topological polar surface area (TPSA) is 12.5 Å². The molecule has 1 saturated heterocycles. The van der Waals surface area contributed by atoms with Crippen LogP contribution in [0.2, 0.25) is 0 Å². The lowest BCUT2D eigenvalue weighted by Crippen LogP contribution is -1.92. The molecular weight excluding hydrogens is 184 g/mol. The van der Waals surface area contributed by atoms with Gasteiger partial charge in [-0.05, 0) is 31.1 Å². The summed E-state index contributed by atoms with van der Waals surface area (Å²) in [6.45, 7) is 3.70. The average Bonchev–Trinajstić information content (AvgIpc) is 2.97. The van der Waals surface area contributed by atoms with Gasteiger partial charge in [0, 0.05) is 6.42 Å². The molecule has 0 aromatic rings. The fraction of sp³-hybridized carbons (Fsp3) is 0.571. The molecule has 0 N–H and O–H groups in total. The Morgan fingerprint density at radius 1 is 1.27 bits per heavy atom. The van der Waals surface area contributed by atoms with Crippen LogP contribution in [0, 0.1) is 24.2 Å². The van der Waals surface area contributed by atoms with E-state index in [1.54, 1.807) is 0 Å². The van der Waals surface area contributed by atoms with Crippen LogP contribution in [0.15, 0.2) is 12.7 Å². The van der Waals surface area contributed by atoms with E-state index >= 15 is 0 Å². The smallest absolute Gasteiger partial charge is 0.0951 e. The van der Waals surface area contributed by atoms with Gasteiger partial charge in [-0.1, -0.05) is 24.8 Å². The van der Waals surface area contributed by atoms with Gasteiger partial charge in [0.2, 0.25) is 0 Å². The molecule has 0 aliphatic carbocycles. The lowest BCUT2D eigenvalue weighted by Gasteiger charge is -1.95. The molecule has 0 unspecified atom stereocenters. The first kappa shape index (κ1) is 11.9. The minimum atomic E-state index is 0.352. The molecule has 1 heteroatoms. The first-order chi connectivity index (χ1) is 7.38. The standard InChI is InChI=1S/C14H18O/c1-3-5-7-8-10-12-14-13(15-14)11-9-6-4-2/h2-3,13-14H,1,5,7-8,10-12H2/t13-,14+/m1/s1. The van der Waals surface area contributed by atoms with Crippen molar-refractivity contribution in [2.75, 3.05) is 0 Å². The summed E-state index contributed by atoms with van der Waals surface area (Å²) < 4.78 is 5.48. The van der Waals surface area contributed by atoms with Crippen molar-refractivity contribution < 1.29 is 4.74 Å². The van der Waals surface area contributed by atoms with Crippen molar-refractivity contribution in [3.8, 4) is 24.2 Å². The molecule has 0 aromatic heterocycles. The number of terminal acetylenes is 1. The van der Waals surface area contributed by atoms with Gasteiger partial charge in [-0.3, -0.25) is 0 Å². The minimum Gasteiger partial charge on any atom is -0.369 e. The van der Waals surface area contributed by atoms with Gasteiger partial charge in [-0.2, -0.15) is 0 Å². The van der Waals surface area contributed by atoms with Crippen LogP contribution in [0.1, 0.15) is 38.5 Å². The van der Waals surface area contributed by atoms with E-state index in [2.05, 4.69) is 24.3 Å². The van der Waals surface area contributed by atoms with Crippen LogP contribution in [0.25, 0.3) is 0 Å². The van der Waals surface area contributed by atoms with Crippen LogP contribution >= 0.6 is 0 Å². The van der Waals surface area contributed by atoms with Crippen molar-refractivity contribution in [3.05, 3.63) is 12.7 Å². The maximum Gasteiger partial charge on any atom is 0.0951 e. The molecule has 0 spiro atoms. The summed E-state index contributed by atoms with van der Waals surface area (Å²) in [7, 11) is 0. The van der Waals surface area contributed by atoms with Gasteiger partial charge < -0.3 is 4.74 Å². The van der Waals surface area contributed by atoms with Gasteiger partial charge in [-0.15, -0.1) is 13.0 Å². The van der Waals surface area contributed by atoms with Crippen molar-refractivity contribution in [2.45, 2.75) is 50.7 Å². The van der Waals surface area contributed by atoms with Crippen LogP contribution in [-0.4, -0.2) is 12.2 Å². The number of allylic oxidation sites excluding steroid dienone is 1. The summed E-state index contributed by atoms with van der Waals surface area (Å²) in [5.41, 5.74) is 0. The second kappa shape index (κ2) is 7.16. The third kappa shape index (κ3) is 5.31. The number of ether oxygens (including phenoxy) is 1. The van der Waals surface area contributed by atoms with Gasteiger partial charge in [-0.25, -0.2) is 0 Å². The Labute approximate surface area is 92.9 Å². The quantitative estimate of drug-likeness (QED) is 0.268. The van der Waals surface area contributed by atoms with Gasteiger partial charge in [0.05, 0.1) is 12.2 Å². The van der Waals surface area contributed by atoms with Crippen LogP contribution in [0.5, 0.6) is 0 Å². The molecule has 80 valence electrons. The lowest BCUT2D eigenvalue weighted by atomic mass is 10.1. The SMILES string of the molecule is C#CC#CC[C@H]1O[C@H]1CCCCCC=C. The van der Waals surface area contributed by atoms with Crippen LogP contribution in [0.4, 0.5) is 0 Å². The zero-order chi connectivity index (χ0) is 10.9. The minimum absolute atomic E-state index is 0.352. The van der Waals surface area contributed by atoms with E-state index < -0.39 is 0 Å². The lowest BCUT2D eigenvalue weighted by molar-refractivity contribution is 0.360. The van der Waals surface area contributed by atoms with E-state index in [1.807, 2.05) is 6.08 Å². The highest BCUT2D eigenvalue weighted by Gasteiger charge is 2.36. The first-order valence-electron chi connectivity index (χ1n) is 5.58. The number of hydrogen-bond donors (Lipinski definition) is 0. The Morgan fingerprint density at radius 2 is 2.13 bits per heavy atom. The molecule has 1 aliphatic rings. The number of rotatable bonds is 7. The van der Waals surface area contributed by atoms with Crippen LogP contribution < -0.4 is 0 Å². The summed E-state index contributed by atoms with van der Waals surface area (Å²) in [5.74, 6) is 7.83. The number of unbranched alkanes of at least 4 members (excludes halogenated alkanes) is 3. The van der Waals surface area contributed by atoms with Crippen molar-refractivity contribution in [2.24, 2.45) is 0 Å². The highest BCUT2D eigenvalue weighted by atomic mass is 16.6. The molecule has 0 bridgehead atoms. The Bertz CT molecular complexity index is 287. The van der Waals surface area contributed by atoms with Crippen molar-refractivity contribution >= 4 is 0 Å². The monoisotopic (exact) mass is 202 g/mol. The van der Waals surface area contributed by atoms with Crippen molar-refractivity contribution in [3.63, 3.8) is 0 Å². The van der Waals surface area contributed by atoms with Crippen LogP contribution in [-0.2, 0) is 4.74 Å². The van der Waals surface area contributed by atoms with Crippen LogP contribution in [0.3, 0.4) is 0 Å². The molecule has 0 saturated carbocycles. The highest BCUT2D eigenvalue weighted by Crippen LogP contribution is 2.29. The molecule has 1 heterocycles. The molecule has 0 radical (unpaired) electrons. The van der Waals surface area contributed by atoms with Gasteiger partial charge in [0.25, 0.3) is 0 Å². The maximum absolute atomic E-state index is 5.48.